The van der Waals surface area contributed by atoms with E-state index in [1.165, 1.54) is 0 Å². The number of rotatable bonds is 5. The van der Waals surface area contributed by atoms with E-state index in [1.807, 2.05) is 4.90 Å². The van der Waals surface area contributed by atoms with Crippen LogP contribution in [-0.4, -0.2) is 68.2 Å². The molecule has 0 spiro atoms. The molecule has 0 saturated carbocycles. The Labute approximate surface area is 122 Å². The number of ether oxygens (including phenoxy) is 1. The summed E-state index contributed by atoms with van der Waals surface area (Å²) in [6, 6.07) is -0.332. The first-order valence-corrected chi connectivity index (χ1v) is 7.92. The SMILES string of the molecule is CCN(C)CC1CCN(C(=O)C(N)C2CCOCC2)C1. The highest BCUT2D eigenvalue weighted by atomic mass is 16.5. The van der Waals surface area contributed by atoms with Crippen LogP contribution in [0.4, 0.5) is 0 Å². The van der Waals surface area contributed by atoms with Crippen molar-refractivity contribution in [1.29, 1.82) is 0 Å². The summed E-state index contributed by atoms with van der Waals surface area (Å²) in [6.45, 7) is 7.54. The van der Waals surface area contributed by atoms with Gasteiger partial charge in [0.1, 0.15) is 0 Å². The van der Waals surface area contributed by atoms with Gasteiger partial charge in [-0.15, -0.1) is 0 Å². The molecule has 0 bridgehead atoms. The van der Waals surface area contributed by atoms with Crippen molar-refractivity contribution in [2.24, 2.45) is 17.6 Å². The normalized spacial score (nSPS) is 26.2. The van der Waals surface area contributed by atoms with Crippen molar-refractivity contribution < 1.29 is 9.53 Å². The lowest BCUT2D eigenvalue weighted by atomic mass is 9.91. The molecular weight excluding hydrogens is 254 g/mol. The third-order valence-electron chi connectivity index (χ3n) is 4.77. The van der Waals surface area contributed by atoms with E-state index in [-0.39, 0.29) is 11.9 Å². The smallest absolute Gasteiger partial charge is 0.239 e. The molecule has 0 aliphatic carbocycles. The van der Waals surface area contributed by atoms with Crippen molar-refractivity contribution in [2.45, 2.75) is 32.2 Å². The average molecular weight is 283 g/mol. The Morgan fingerprint density at radius 1 is 1.40 bits per heavy atom. The fourth-order valence-electron chi connectivity index (χ4n) is 3.24. The quantitative estimate of drug-likeness (QED) is 0.800. The number of carbonyl (C=O) groups excluding carboxylic acids is 1. The van der Waals surface area contributed by atoms with Gasteiger partial charge in [-0.3, -0.25) is 4.79 Å². The molecule has 116 valence electrons. The minimum absolute atomic E-state index is 0.151. The summed E-state index contributed by atoms with van der Waals surface area (Å²) in [5.41, 5.74) is 6.19. The second kappa shape index (κ2) is 7.38. The van der Waals surface area contributed by atoms with Gasteiger partial charge >= 0.3 is 0 Å². The average Bonchev–Trinajstić information content (AvgIpc) is 2.95. The highest BCUT2D eigenvalue weighted by Crippen LogP contribution is 2.22. The maximum Gasteiger partial charge on any atom is 0.239 e. The Hall–Kier alpha value is -0.650. The number of nitrogens with two attached hydrogens (primary N) is 1. The standard InChI is InChI=1S/C15H29N3O2/c1-3-17(2)10-12-4-7-18(11-12)15(19)14(16)13-5-8-20-9-6-13/h12-14H,3-11,16H2,1-2H3. The number of nitrogens with zero attached hydrogens (tertiary/aromatic N) is 2. The third-order valence-corrected chi connectivity index (χ3v) is 4.77. The second-order valence-corrected chi connectivity index (χ2v) is 6.27. The van der Waals surface area contributed by atoms with Gasteiger partial charge < -0.3 is 20.3 Å². The lowest BCUT2D eigenvalue weighted by molar-refractivity contribution is -0.133. The van der Waals surface area contributed by atoms with E-state index in [9.17, 15) is 4.79 Å². The van der Waals surface area contributed by atoms with Crippen LogP contribution in [0.25, 0.3) is 0 Å². The van der Waals surface area contributed by atoms with E-state index in [1.54, 1.807) is 0 Å². The van der Waals surface area contributed by atoms with Crippen LogP contribution in [0.2, 0.25) is 0 Å². The molecule has 20 heavy (non-hydrogen) atoms. The van der Waals surface area contributed by atoms with Gasteiger partial charge in [0.05, 0.1) is 6.04 Å². The Kier molecular flexibility index (Phi) is 5.81. The van der Waals surface area contributed by atoms with Crippen molar-refractivity contribution in [3.05, 3.63) is 0 Å². The van der Waals surface area contributed by atoms with E-state index in [0.29, 0.717) is 11.8 Å². The Balaban J connectivity index is 1.81. The predicted octanol–water partition coefficient (Wildman–Crippen LogP) is 0.541. The van der Waals surface area contributed by atoms with Gasteiger partial charge in [-0.1, -0.05) is 6.92 Å². The van der Waals surface area contributed by atoms with Gasteiger partial charge in [-0.25, -0.2) is 0 Å². The summed E-state index contributed by atoms with van der Waals surface area (Å²) in [5, 5.41) is 0. The van der Waals surface area contributed by atoms with Crippen LogP contribution >= 0.6 is 0 Å². The third kappa shape index (κ3) is 3.93. The molecule has 0 aromatic carbocycles. The molecule has 2 aliphatic rings. The highest BCUT2D eigenvalue weighted by Gasteiger charge is 2.33. The summed E-state index contributed by atoms with van der Waals surface area (Å²) in [5.74, 6) is 1.05. The lowest BCUT2D eigenvalue weighted by Gasteiger charge is -2.30. The van der Waals surface area contributed by atoms with Crippen LogP contribution in [0.3, 0.4) is 0 Å². The molecule has 2 N–H and O–H groups in total. The van der Waals surface area contributed by atoms with E-state index < -0.39 is 0 Å². The summed E-state index contributed by atoms with van der Waals surface area (Å²) in [4.78, 5) is 16.8. The van der Waals surface area contributed by atoms with Gasteiger partial charge in [0, 0.05) is 32.8 Å². The summed E-state index contributed by atoms with van der Waals surface area (Å²) in [7, 11) is 2.14. The maximum atomic E-state index is 12.5. The molecule has 2 aliphatic heterocycles. The minimum Gasteiger partial charge on any atom is -0.381 e. The van der Waals surface area contributed by atoms with Crippen LogP contribution in [0, 0.1) is 11.8 Å². The van der Waals surface area contributed by atoms with Crippen molar-refractivity contribution in [2.75, 3.05) is 46.4 Å². The summed E-state index contributed by atoms with van der Waals surface area (Å²) >= 11 is 0. The Morgan fingerprint density at radius 2 is 2.10 bits per heavy atom. The van der Waals surface area contributed by atoms with E-state index in [4.69, 9.17) is 10.5 Å². The van der Waals surface area contributed by atoms with Gasteiger partial charge in [-0.05, 0) is 44.7 Å². The van der Waals surface area contributed by atoms with Gasteiger partial charge in [0.25, 0.3) is 0 Å². The van der Waals surface area contributed by atoms with Crippen molar-refractivity contribution in [1.82, 2.24) is 9.80 Å². The van der Waals surface area contributed by atoms with Gasteiger partial charge in [0.15, 0.2) is 0 Å². The molecule has 2 atom stereocenters. The Bertz CT molecular complexity index is 318. The maximum absolute atomic E-state index is 12.5. The van der Waals surface area contributed by atoms with Crippen molar-refractivity contribution in [3.63, 3.8) is 0 Å². The molecule has 2 heterocycles. The zero-order valence-corrected chi connectivity index (χ0v) is 12.9. The number of likely N-dealkylation sites (tertiary alicyclic amines) is 1. The van der Waals surface area contributed by atoms with Gasteiger partial charge in [0.2, 0.25) is 5.91 Å². The fraction of sp³-hybridized carbons (Fsp3) is 0.933. The van der Waals surface area contributed by atoms with Crippen LogP contribution in [0.5, 0.6) is 0 Å². The van der Waals surface area contributed by atoms with Crippen LogP contribution in [-0.2, 0) is 9.53 Å². The topological polar surface area (TPSA) is 58.8 Å². The second-order valence-electron chi connectivity index (χ2n) is 6.27. The highest BCUT2D eigenvalue weighted by molar-refractivity contribution is 5.82. The van der Waals surface area contributed by atoms with E-state index >= 15 is 0 Å². The first-order valence-electron chi connectivity index (χ1n) is 7.92. The zero-order chi connectivity index (χ0) is 14.5. The molecule has 5 heteroatoms. The van der Waals surface area contributed by atoms with Crippen molar-refractivity contribution >= 4 is 5.91 Å². The minimum atomic E-state index is -0.332. The largest absolute Gasteiger partial charge is 0.381 e. The fourth-order valence-corrected chi connectivity index (χ4v) is 3.24. The number of amides is 1. The molecule has 2 rings (SSSR count). The number of carbonyl (C=O) groups is 1. The molecule has 2 unspecified atom stereocenters. The molecule has 0 radical (unpaired) electrons. The van der Waals surface area contributed by atoms with Crippen LogP contribution < -0.4 is 5.73 Å². The number of hydrogen-bond donors (Lipinski definition) is 1. The molecule has 2 saturated heterocycles. The summed E-state index contributed by atoms with van der Waals surface area (Å²) in [6.07, 6.45) is 2.95. The van der Waals surface area contributed by atoms with E-state index in [2.05, 4.69) is 18.9 Å². The Morgan fingerprint density at radius 3 is 2.75 bits per heavy atom. The molecule has 0 aromatic rings. The van der Waals surface area contributed by atoms with Crippen LogP contribution in [0.1, 0.15) is 26.2 Å². The summed E-state index contributed by atoms with van der Waals surface area (Å²) < 4.78 is 5.34. The van der Waals surface area contributed by atoms with Crippen molar-refractivity contribution in [3.8, 4) is 0 Å². The molecule has 2 fully saturated rings. The first kappa shape index (κ1) is 15.7. The van der Waals surface area contributed by atoms with E-state index in [0.717, 1.165) is 58.7 Å². The van der Waals surface area contributed by atoms with Crippen LogP contribution in [0.15, 0.2) is 0 Å². The molecule has 0 aromatic heterocycles. The predicted molar refractivity (Wildman–Crippen MR) is 79.4 cm³/mol. The monoisotopic (exact) mass is 283 g/mol. The number of hydrogen-bond acceptors (Lipinski definition) is 4. The molecule has 5 nitrogen and oxygen atoms in total. The van der Waals surface area contributed by atoms with Gasteiger partial charge in [-0.2, -0.15) is 0 Å². The zero-order valence-electron chi connectivity index (χ0n) is 12.9. The molecule has 1 amide bonds. The lowest BCUT2D eigenvalue weighted by Crippen LogP contribution is -2.48. The first-order chi connectivity index (χ1) is 9.61. The molecular formula is C15H29N3O2.